The van der Waals surface area contributed by atoms with E-state index < -0.39 is 42.4 Å². The Morgan fingerprint density at radius 3 is 2.28 bits per heavy atom. The maximum absolute atomic E-state index is 12.6. The number of carbonyl (C=O) groups excluding carboxylic acids is 1. The molecule has 11 heteroatoms. The minimum absolute atomic E-state index is 0.0397. The second kappa shape index (κ2) is 9.52. The molecule has 2 unspecified atom stereocenters. The zero-order chi connectivity index (χ0) is 21.7. The zero-order valence-electron chi connectivity index (χ0n) is 15.1. The number of carboxylic acid groups (broad SMARTS) is 3. The SMILES string of the molecule is CCC(Oc1ccc(/C=C2\SC(=S)N(C(CC(=O)O)C(=O)O)C2=O)cc1)C(=O)O. The molecule has 0 spiro atoms. The standard InChI is InChI=1S/C18H17NO8S2/c1-2-12(17(25)26)27-10-5-3-9(4-6-10)7-13-15(22)19(18(28)29-13)11(16(23)24)8-14(20)21/h3-7,11-12H,2,8H2,1H3,(H,20,21)(H,23,24)(H,25,26)/b13-7-. The van der Waals surface area contributed by atoms with Crippen LogP contribution in [0.25, 0.3) is 6.08 Å². The number of hydrogen-bond donors (Lipinski definition) is 3. The molecule has 2 atom stereocenters. The van der Waals surface area contributed by atoms with Crippen molar-refractivity contribution in [2.45, 2.75) is 31.9 Å². The van der Waals surface area contributed by atoms with Crippen LogP contribution in [-0.4, -0.2) is 60.5 Å². The molecule has 1 heterocycles. The average Bonchev–Trinajstić information content (AvgIpc) is 2.91. The van der Waals surface area contributed by atoms with Crippen LogP contribution in [0.5, 0.6) is 5.75 Å². The minimum atomic E-state index is -1.59. The molecule has 154 valence electrons. The Bertz CT molecular complexity index is 880. The Morgan fingerprint density at radius 1 is 1.17 bits per heavy atom. The van der Waals surface area contributed by atoms with Gasteiger partial charge in [0.2, 0.25) is 0 Å². The molecule has 9 nitrogen and oxygen atoms in total. The summed E-state index contributed by atoms with van der Waals surface area (Å²) in [5.74, 6) is -4.25. The predicted molar refractivity (Wildman–Crippen MR) is 107 cm³/mol. The lowest BCUT2D eigenvalue weighted by molar-refractivity contribution is -0.150. The van der Waals surface area contributed by atoms with E-state index in [2.05, 4.69) is 0 Å². The molecule has 1 aromatic carbocycles. The van der Waals surface area contributed by atoms with Crippen molar-refractivity contribution < 1.29 is 39.2 Å². The molecule has 0 aliphatic carbocycles. The molecule has 1 aromatic rings. The van der Waals surface area contributed by atoms with Gasteiger partial charge in [-0.25, -0.2) is 9.59 Å². The number of rotatable bonds is 9. The van der Waals surface area contributed by atoms with E-state index >= 15 is 0 Å². The topological polar surface area (TPSA) is 141 Å². The Hall–Kier alpha value is -2.92. The summed E-state index contributed by atoms with van der Waals surface area (Å²) in [6, 6.07) is 4.69. The van der Waals surface area contributed by atoms with E-state index in [0.717, 1.165) is 16.7 Å². The zero-order valence-corrected chi connectivity index (χ0v) is 16.7. The molecule has 1 aliphatic heterocycles. The number of carboxylic acids is 3. The molecule has 3 N–H and O–H groups in total. The number of nitrogens with zero attached hydrogens (tertiary/aromatic N) is 1. The summed E-state index contributed by atoms with van der Waals surface area (Å²) >= 11 is 5.94. The lowest BCUT2D eigenvalue weighted by Crippen LogP contribution is -2.45. The van der Waals surface area contributed by atoms with Crippen molar-refractivity contribution in [3.63, 3.8) is 0 Å². The molecule has 1 amide bonds. The van der Waals surface area contributed by atoms with Crippen molar-refractivity contribution in [1.29, 1.82) is 0 Å². The summed E-state index contributed by atoms with van der Waals surface area (Å²) in [6.45, 7) is 1.68. The Balaban J connectivity index is 2.19. The summed E-state index contributed by atoms with van der Waals surface area (Å²) in [5.41, 5.74) is 0.575. The molecule has 2 rings (SSSR count). The molecule has 0 radical (unpaired) electrons. The number of amides is 1. The van der Waals surface area contributed by atoms with E-state index in [-0.39, 0.29) is 9.23 Å². The van der Waals surface area contributed by atoms with Crippen LogP contribution in [0, 0.1) is 0 Å². The first kappa shape index (κ1) is 22.4. The van der Waals surface area contributed by atoms with E-state index in [1.807, 2.05) is 0 Å². The molecular weight excluding hydrogens is 422 g/mol. The Labute approximate surface area is 174 Å². The molecule has 0 bridgehead atoms. The number of hydrogen-bond acceptors (Lipinski definition) is 7. The number of thioether (sulfide) groups is 1. The van der Waals surface area contributed by atoms with Crippen LogP contribution in [0.15, 0.2) is 29.2 Å². The molecule has 1 fully saturated rings. The fourth-order valence-electron chi connectivity index (χ4n) is 2.47. The van der Waals surface area contributed by atoms with Crippen LogP contribution in [-0.2, 0) is 19.2 Å². The fraction of sp³-hybridized carbons (Fsp3) is 0.278. The maximum Gasteiger partial charge on any atom is 0.344 e. The summed E-state index contributed by atoms with van der Waals surface area (Å²) in [5, 5.41) is 27.2. The number of benzene rings is 1. The fourth-order valence-corrected chi connectivity index (χ4v) is 3.83. The predicted octanol–water partition coefficient (Wildman–Crippen LogP) is 2.06. The summed E-state index contributed by atoms with van der Waals surface area (Å²) in [6.07, 6.45) is 0.0283. The first-order chi connectivity index (χ1) is 13.6. The molecule has 29 heavy (non-hydrogen) atoms. The number of thiocarbonyl (C=S) groups is 1. The average molecular weight is 439 g/mol. The highest BCUT2D eigenvalue weighted by molar-refractivity contribution is 8.26. The van der Waals surface area contributed by atoms with Gasteiger partial charge >= 0.3 is 17.9 Å². The van der Waals surface area contributed by atoms with Gasteiger partial charge in [-0.2, -0.15) is 0 Å². The highest BCUT2D eigenvalue weighted by Crippen LogP contribution is 2.35. The van der Waals surface area contributed by atoms with E-state index in [1.54, 1.807) is 31.2 Å². The van der Waals surface area contributed by atoms with Gasteiger partial charge in [-0.1, -0.05) is 43.0 Å². The number of aliphatic carboxylic acids is 3. The Morgan fingerprint density at radius 2 is 1.79 bits per heavy atom. The van der Waals surface area contributed by atoms with Crippen molar-refractivity contribution in [2.24, 2.45) is 0 Å². The van der Waals surface area contributed by atoms with Gasteiger partial charge in [0, 0.05) is 0 Å². The smallest absolute Gasteiger partial charge is 0.344 e. The Kier molecular flexibility index (Phi) is 7.35. The van der Waals surface area contributed by atoms with Gasteiger partial charge in [0.25, 0.3) is 5.91 Å². The van der Waals surface area contributed by atoms with Crippen molar-refractivity contribution in [3.05, 3.63) is 34.7 Å². The third-order valence-electron chi connectivity index (χ3n) is 3.89. The van der Waals surface area contributed by atoms with Gasteiger partial charge in [0.15, 0.2) is 6.10 Å². The molecular formula is C18H17NO8S2. The van der Waals surface area contributed by atoms with E-state index in [1.165, 1.54) is 6.08 Å². The first-order valence-electron chi connectivity index (χ1n) is 8.35. The largest absolute Gasteiger partial charge is 0.481 e. The van der Waals surface area contributed by atoms with Gasteiger partial charge in [-0.05, 0) is 30.2 Å². The van der Waals surface area contributed by atoms with Gasteiger partial charge in [0.05, 0.1) is 11.3 Å². The minimum Gasteiger partial charge on any atom is -0.481 e. The molecule has 0 aromatic heterocycles. The molecule has 1 saturated heterocycles. The van der Waals surface area contributed by atoms with Crippen molar-refractivity contribution in [2.75, 3.05) is 0 Å². The maximum atomic E-state index is 12.6. The van der Waals surface area contributed by atoms with Crippen LogP contribution in [0.2, 0.25) is 0 Å². The third-order valence-corrected chi connectivity index (χ3v) is 5.22. The van der Waals surface area contributed by atoms with Crippen molar-refractivity contribution in [3.8, 4) is 5.75 Å². The van der Waals surface area contributed by atoms with E-state index in [4.69, 9.17) is 27.2 Å². The second-order valence-corrected chi connectivity index (χ2v) is 7.60. The lowest BCUT2D eigenvalue weighted by Gasteiger charge is -2.21. The highest BCUT2D eigenvalue weighted by Gasteiger charge is 2.41. The first-order valence-corrected chi connectivity index (χ1v) is 9.57. The molecule has 0 saturated carbocycles. The van der Waals surface area contributed by atoms with Gasteiger partial charge in [0.1, 0.15) is 16.1 Å². The van der Waals surface area contributed by atoms with Crippen molar-refractivity contribution >= 4 is 58.2 Å². The van der Waals surface area contributed by atoms with Crippen LogP contribution in [0.4, 0.5) is 0 Å². The quantitative estimate of drug-likeness (QED) is 0.387. The second-order valence-electron chi connectivity index (χ2n) is 5.93. The van der Waals surface area contributed by atoms with E-state index in [0.29, 0.717) is 17.7 Å². The van der Waals surface area contributed by atoms with Gasteiger partial charge in [-0.3, -0.25) is 14.5 Å². The van der Waals surface area contributed by atoms with Crippen LogP contribution in [0.1, 0.15) is 25.3 Å². The summed E-state index contributed by atoms with van der Waals surface area (Å²) < 4.78 is 5.32. The van der Waals surface area contributed by atoms with Crippen LogP contribution >= 0.6 is 24.0 Å². The molecule has 1 aliphatic rings. The van der Waals surface area contributed by atoms with Crippen LogP contribution < -0.4 is 4.74 Å². The van der Waals surface area contributed by atoms with Crippen LogP contribution in [0.3, 0.4) is 0 Å². The summed E-state index contributed by atoms with van der Waals surface area (Å²) in [7, 11) is 0. The number of ether oxygens (including phenoxy) is 1. The summed E-state index contributed by atoms with van der Waals surface area (Å²) in [4.78, 5) is 46.8. The lowest BCUT2D eigenvalue weighted by atomic mass is 10.1. The highest BCUT2D eigenvalue weighted by atomic mass is 32.2. The monoisotopic (exact) mass is 439 g/mol. The van der Waals surface area contributed by atoms with Crippen molar-refractivity contribution in [1.82, 2.24) is 4.90 Å². The third kappa shape index (κ3) is 5.55. The van der Waals surface area contributed by atoms with Gasteiger partial charge in [-0.15, -0.1) is 0 Å². The normalized spacial score (nSPS) is 17.3. The van der Waals surface area contributed by atoms with Gasteiger partial charge < -0.3 is 20.1 Å². The van der Waals surface area contributed by atoms with E-state index in [9.17, 15) is 24.3 Å². The number of carbonyl (C=O) groups is 4.